The lowest BCUT2D eigenvalue weighted by molar-refractivity contribution is -0.123. The van der Waals surface area contributed by atoms with Crippen LogP contribution in [0.5, 0.6) is 5.75 Å². The molecular weight excluding hydrogens is 415 g/mol. The van der Waals surface area contributed by atoms with Gasteiger partial charge in [-0.05, 0) is 49.2 Å². The molecule has 0 heterocycles. The van der Waals surface area contributed by atoms with Gasteiger partial charge in [0.25, 0.3) is 11.8 Å². The first-order valence-corrected chi connectivity index (χ1v) is 9.82. The van der Waals surface area contributed by atoms with Crippen LogP contribution in [0.1, 0.15) is 29.3 Å². The van der Waals surface area contributed by atoms with Crippen molar-refractivity contribution >= 4 is 40.8 Å². The van der Waals surface area contributed by atoms with Crippen LogP contribution in [0.4, 0.5) is 0 Å². The molecule has 0 fully saturated rings. The summed E-state index contributed by atoms with van der Waals surface area (Å²) in [5, 5.41) is 6.02. The van der Waals surface area contributed by atoms with Crippen molar-refractivity contribution in [2.75, 3.05) is 19.7 Å². The average Bonchev–Trinajstić information content (AvgIpc) is 2.70. The summed E-state index contributed by atoms with van der Waals surface area (Å²) in [7, 11) is 0. The molecule has 2 amide bonds. The Morgan fingerprint density at radius 3 is 2.28 bits per heavy atom. The maximum atomic E-state index is 12.0. The normalized spacial score (nSPS) is 10.3. The number of carbonyl (C=O) groups is 3. The lowest BCUT2D eigenvalue weighted by Gasteiger charge is -2.09. The van der Waals surface area contributed by atoms with Gasteiger partial charge in [0.15, 0.2) is 6.61 Å². The highest BCUT2D eigenvalue weighted by Gasteiger charge is 2.08. The summed E-state index contributed by atoms with van der Waals surface area (Å²) in [5.74, 6) is 0.114. The first-order chi connectivity index (χ1) is 13.8. The van der Waals surface area contributed by atoms with Gasteiger partial charge in [0, 0.05) is 25.1 Å². The van der Waals surface area contributed by atoms with E-state index in [2.05, 4.69) is 10.6 Å². The van der Waals surface area contributed by atoms with Crippen LogP contribution < -0.4 is 15.4 Å². The molecule has 2 aromatic rings. The molecule has 0 atom stereocenters. The smallest absolute Gasteiger partial charge is 0.258 e. The Hall–Kier alpha value is -2.57. The van der Waals surface area contributed by atoms with E-state index < -0.39 is 0 Å². The molecule has 29 heavy (non-hydrogen) atoms. The van der Waals surface area contributed by atoms with Crippen LogP contribution in [0, 0.1) is 0 Å². The minimum absolute atomic E-state index is 0.131. The first-order valence-electron chi connectivity index (χ1n) is 9.06. The van der Waals surface area contributed by atoms with Gasteiger partial charge in [-0.2, -0.15) is 0 Å². The molecule has 0 aliphatic heterocycles. The molecule has 2 aromatic carbocycles. The number of halogens is 2. The number of ketones is 1. The molecule has 0 unspecified atom stereocenters. The molecule has 0 aliphatic rings. The molecule has 0 saturated carbocycles. The van der Waals surface area contributed by atoms with Gasteiger partial charge in [-0.3, -0.25) is 9.59 Å². The number of amides is 2. The molecule has 0 aromatic heterocycles. The van der Waals surface area contributed by atoms with Crippen molar-refractivity contribution in [3.8, 4) is 5.75 Å². The molecule has 2 N–H and O–H groups in total. The number of Topliss-reactive ketones (excluding diaryl/α,β-unsaturated/α-hetero) is 1. The summed E-state index contributed by atoms with van der Waals surface area (Å²) >= 11 is 11.7. The van der Waals surface area contributed by atoms with E-state index in [-0.39, 0.29) is 37.3 Å². The molecule has 8 heteroatoms. The van der Waals surface area contributed by atoms with Gasteiger partial charge >= 0.3 is 0 Å². The minimum atomic E-state index is -0.307. The van der Waals surface area contributed by atoms with Gasteiger partial charge in [-0.1, -0.05) is 35.3 Å². The highest BCUT2D eigenvalue weighted by Crippen LogP contribution is 2.22. The quantitative estimate of drug-likeness (QED) is 0.558. The van der Waals surface area contributed by atoms with E-state index in [9.17, 15) is 14.4 Å². The third kappa shape index (κ3) is 8.13. The predicted molar refractivity (Wildman–Crippen MR) is 113 cm³/mol. The number of nitrogens with one attached hydrogen (secondary N) is 2. The molecule has 0 radical (unpaired) electrons. The van der Waals surface area contributed by atoms with Gasteiger partial charge in [0.1, 0.15) is 11.5 Å². The van der Waals surface area contributed by atoms with Crippen LogP contribution >= 0.6 is 23.2 Å². The highest BCUT2D eigenvalue weighted by molar-refractivity contribution is 6.42. The second-order valence-corrected chi connectivity index (χ2v) is 7.18. The zero-order valence-electron chi connectivity index (χ0n) is 16.0. The summed E-state index contributed by atoms with van der Waals surface area (Å²) < 4.78 is 5.43. The Labute approximate surface area is 179 Å². The van der Waals surface area contributed by atoms with E-state index in [1.807, 2.05) is 12.1 Å². The Bertz CT molecular complexity index is 869. The highest BCUT2D eigenvalue weighted by atomic mass is 35.5. The number of ether oxygens (including phenoxy) is 1. The number of benzene rings is 2. The largest absolute Gasteiger partial charge is 0.484 e. The Morgan fingerprint density at radius 1 is 0.931 bits per heavy atom. The standard InChI is InChI=1S/C21H22Cl2N2O4/c1-14(26)2-3-15-4-7-17(8-5-15)29-13-20(27)24-10-11-25-21(28)16-6-9-18(22)19(23)12-16/h4-9,12H,2-3,10-11,13H2,1H3,(H,24,27)(H,25,28). The minimum Gasteiger partial charge on any atom is -0.484 e. The number of carbonyl (C=O) groups excluding carboxylic acids is 3. The lowest BCUT2D eigenvalue weighted by atomic mass is 10.1. The van der Waals surface area contributed by atoms with Gasteiger partial charge < -0.3 is 20.2 Å². The zero-order valence-corrected chi connectivity index (χ0v) is 17.5. The monoisotopic (exact) mass is 436 g/mol. The van der Waals surface area contributed by atoms with Crippen LogP contribution in [0.15, 0.2) is 42.5 Å². The van der Waals surface area contributed by atoms with E-state index in [1.54, 1.807) is 31.2 Å². The summed E-state index contributed by atoms with van der Waals surface area (Å²) in [5.41, 5.74) is 1.43. The number of hydrogen-bond acceptors (Lipinski definition) is 4. The molecule has 0 saturated heterocycles. The Morgan fingerprint density at radius 2 is 1.62 bits per heavy atom. The average molecular weight is 437 g/mol. The molecule has 6 nitrogen and oxygen atoms in total. The molecule has 0 aliphatic carbocycles. The fourth-order valence-corrected chi connectivity index (χ4v) is 2.69. The van der Waals surface area contributed by atoms with Gasteiger partial charge in [-0.25, -0.2) is 0 Å². The SMILES string of the molecule is CC(=O)CCc1ccc(OCC(=O)NCCNC(=O)c2ccc(Cl)c(Cl)c2)cc1. The fourth-order valence-electron chi connectivity index (χ4n) is 2.39. The van der Waals surface area contributed by atoms with Crippen LogP contribution in [-0.2, 0) is 16.0 Å². The lowest BCUT2D eigenvalue weighted by Crippen LogP contribution is -2.36. The van der Waals surface area contributed by atoms with Crippen LogP contribution in [0.3, 0.4) is 0 Å². The Kier molecular flexibility index (Phi) is 8.96. The maximum Gasteiger partial charge on any atom is 0.258 e. The van der Waals surface area contributed by atoms with Crippen LogP contribution in [0.25, 0.3) is 0 Å². The predicted octanol–water partition coefficient (Wildman–Crippen LogP) is 3.44. The summed E-state index contributed by atoms with van der Waals surface area (Å²) in [6.45, 7) is 1.96. The van der Waals surface area contributed by atoms with E-state index >= 15 is 0 Å². The van der Waals surface area contributed by atoms with Crippen LogP contribution in [0.2, 0.25) is 10.0 Å². The third-order valence-corrected chi connectivity index (χ3v) is 4.71. The van der Waals surface area contributed by atoms with Crippen molar-refractivity contribution in [1.29, 1.82) is 0 Å². The van der Waals surface area contributed by atoms with E-state index in [1.165, 1.54) is 6.07 Å². The maximum absolute atomic E-state index is 12.0. The zero-order chi connectivity index (χ0) is 21.2. The van der Waals surface area contributed by atoms with Crippen molar-refractivity contribution in [3.05, 3.63) is 63.6 Å². The molecule has 2 rings (SSSR count). The van der Waals surface area contributed by atoms with Crippen molar-refractivity contribution in [1.82, 2.24) is 10.6 Å². The number of rotatable bonds is 10. The second kappa shape index (κ2) is 11.4. The third-order valence-electron chi connectivity index (χ3n) is 3.97. The summed E-state index contributed by atoms with van der Waals surface area (Å²) in [6, 6.07) is 11.9. The number of hydrogen-bond donors (Lipinski definition) is 2. The van der Waals surface area contributed by atoms with Crippen molar-refractivity contribution in [3.63, 3.8) is 0 Å². The van der Waals surface area contributed by atoms with Gasteiger partial charge in [0.2, 0.25) is 0 Å². The summed E-state index contributed by atoms with van der Waals surface area (Å²) in [4.78, 5) is 34.8. The molecule has 0 spiro atoms. The Balaban J connectivity index is 1.65. The van der Waals surface area contributed by atoms with Gasteiger partial charge in [0.05, 0.1) is 10.0 Å². The molecule has 154 valence electrons. The first kappa shape index (κ1) is 22.7. The number of aryl methyl sites for hydroxylation is 1. The van der Waals surface area contributed by atoms with Gasteiger partial charge in [-0.15, -0.1) is 0 Å². The van der Waals surface area contributed by atoms with Crippen molar-refractivity contribution in [2.45, 2.75) is 19.8 Å². The summed E-state index contributed by atoms with van der Waals surface area (Å²) in [6.07, 6.45) is 1.19. The fraction of sp³-hybridized carbons (Fsp3) is 0.286. The van der Waals surface area contributed by atoms with Crippen molar-refractivity contribution < 1.29 is 19.1 Å². The molecular formula is C21H22Cl2N2O4. The topological polar surface area (TPSA) is 84.5 Å². The molecule has 0 bridgehead atoms. The van der Waals surface area contributed by atoms with Crippen LogP contribution in [-0.4, -0.2) is 37.3 Å². The van der Waals surface area contributed by atoms with E-state index in [0.717, 1.165) is 5.56 Å². The second-order valence-electron chi connectivity index (χ2n) is 6.37. The van der Waals surface area contributed by atoms with E-state index in [0.29, 0.717) is 34.2 Å². The van der Waals surface area contributed by atoms with Crippen molar-refractivity contribution in [2.24, 2.45) is 0 Å². The van der Waals surface area contributed by atoms with E-state index in [4.69, 9.17) is 27.9 Å².